The molecule has 122 valence electrons. The number of aromatic nitrogens is 1. The summed E-state index contributed by atoms with van der Waals surface area (Å²) in [5, 5.41) is 3.17. The van der Waals surface area contributed by atoms with Gasteiger partial charge in [0.15, 0.2) is 0 Å². The molecule has 1 atom stereocenters. The van der Waals surface area contributed by atoms with E-state index in [0.29, 0.717) is 5.92 Å². The van der Waals surface area contributed by atoms with Crippen molar-refractivity contribution in [1.29, 1.82) is 0 Å². The quantitative estimate of drug-likeness (QED) is 0.864. The molecule has 1 aliphatic heterocycles. The van der Waals surface area contributed by atoms with E-state index in [4.69, 9.17) is 0 Å². The van der Waals surface area contributed by atoms with E-state index in [1.54, 1.807) is 11.3 Å². The Balaban J connectivity index is 1.72. The molecule has 0 bridgehead atoms. The number of hydrogen-bond acceptors (Lipinski definition) is 4. The van der Waals surface area contributed by atoms with Crippen LogP contribution in [0.4, 0.5) is 0 Å². The van der Waals surface area contributed by atoms with Gasteiger partial charge in [-0.25, -0.2) is 4.98 Å². The second kappa shape index (κ2) is 7.23. The molecular weight excluding hydrogens is 306 g/mol. The SMILES string of the molecule is CN(C)Cc1cccc(C(=O)N2CCC[C@@H](c3nccs3)C2)c1. The molecule has 1 fully saturated rings. The Labute approximate surface area is 141 Å². The largest absolute Gasteiger partial charge is 0.338 e. The van der Waals surface area contributed by atoms with Crippen molar-refractivity contribution < 1.29 is 4.79 Å². The Hall–Kier alpha value is -1.72. The first-order valence-corrected chi connectivity index (χ1v) is 8.94. The van der Waals surface area contributed by atoms with Crippen molar-refractivity contribution in [3.63, 3.8) is 0 Å². The van der Waals surface area contributed by atoms with Crippen LogP contribution in [0.5, 0.6) is 0 Å². The molecule has 0 spiro atoms. The van der Waals surface area contributed by atoms with Crippen molar-refractivity contribution in [3.8, 4) is 0 Å². The lowest BCUT2D eigenvalue weighted by Crippen LogP contribution is -2.39. The van der Waals surface area contributed by atoms with Crippen LogP contribution < -0.4 is 0 Å². The number of rotatable bonds is 4. The van der Waals surface area contributed by atoms with Gasteiger partial charge in [0.2, 0.25) is 0 Å². The fourth-order valence-corrected chi connectivity index (χ4v) is 3.92. The Morgan fingerprint density at radius 1 is 1.43 bits per heavy atom. The minimum Gasteiger partial charge on any atom is -0.338 e. The van der Waals surface area contributed by atoms with Crippen LogP contribution in [0.3, 0.4) is 0 Å². The number of nitrogens with zero attached hydrogens (tertiary/aromatic N) is 3. The number of amides is 1. The van der Waals surface area contributed by atoms with E-state index in [-0.39, 0.29) is 5.91 Å². The second-order valence-electron chi connectivity index (χ2n) is 6.40. The van der Waals surface area contributed by atoms with Crippen molar-refractivity contribution in [2.24, 2.45) is 0 Å². The van der Waals surface area contributed by atoms with Crippen molar-refractivity contribution in [2.75, 3.05) is 27.2 Å². The number of thiazole rings is 1. The van der Waals surface area contributed by atoms with Gasteiger partial charge in [0, 0.05) is 42.7 Å². The Bertz CT molecular complexity index is 654. The van der Waals surface area contributed by atoms with Crippen LogP contribution in [0.1, 0.15) is 39.7 Å². The predicted molar refractivity (Wildman–Crippen MR) is 93.8 cm³/mol. The smallest absolute Gasteiger partial charge is 0.253 e. The highest BCUT2D eigenvalue weighted by molar-refractivity contribution is 7.09. The summed E-state index contributed by atoms with van der Waals surface area (Å²) < 4.78 is 0. The number of piperidine rings is 1. The highest BCUT2D eigenvalue weighted by Crippen LogP contribution is 2.29. The molecule has 0 aliphatic carbocycles. The van der Waals surface area contributed by atoms with Gasteiger partial charge in [-0.2, -0.15) is 0 Å². The minimum absolute atomic E-state index is 0.145. The molecule has 0 N–H and O–H groups in total. The summed E-state index contributed by atoms with van der Waals surface area (Å²) in [6, 6.07) is 8.00. The van der Waals surface area contributed by atoms with E-state index in [9.17, 15) is 4.79 Å². The third-order valence-corrected chi connectivity index (χ3v) is 5.12. The maximum Gasteiger partial charge on any atom is 0.253 e. The number of hydrogen-bond donors (Lipinski definition) is 0. The molecule has 23 heavy (non-hydrogen) atoms. The molecule has 4 nitrogen and oxygen atoms in total. The molecule has 1 aromatic carbocycles. The van der Waals surface area contributed by atoms with E-state index >= 15 is 0 Å². The van der Waals surface area contributed by atoms with E-state index in [0.717, 1.165) is 43.0 Å². The maximum absolute atomic E-state index is 12.8. The van der Waals surface area contributed by atoms with Gasteiger partial charge in [0.1, 0.15) is 0 Å². The zero-order valence-electron chi connectivity index (χ0n) is 13.7. The lowest BCUT2D eigenvalue weighted by molar-refractivity contribution is 0.0707. The highest BCUT2D eigenvalue weighted by Gasteiger charge is 2.26. The molecule has 2 aromatic rings. The van der Waals surface area contributed by atoms with Crippen molar-refractivity contribution in [2.45, 2.75) is 25.3 Å². The molecule has 1 saturated heterocycles. The van der Waals surface area contributed by atoms with Crippen LogP contribution in [0.25, 0.3) is 0 Å². The first-order chi connectivity index (χ1) is 11.1. The van der Waals surface area contributed by atoms with Gasteiger partial charge >= 0.3 is 0 Å². The van der Waals surface area contributed by atoms with Crippen LogP contribution in [0, 0.1) is 0 Å². The van der Waals surface area contributed by atoms with Crippen LogP contribution in [-0.2, 0) is 6.54 Å². The molecule has 5 heteroatoms. The number of carbonyl (C=O) groups excluding carboxylic acids is 1. The molecule has 0 radical (unpaired) electrons. The van der Waals surface area contributed by atoms with Gasteiger partial charge in [0.05, 0.1) is 5.01 Å². The second-order valence-corrected chi connectivity index (χ2v) is 7.32. The third-order valence-electron chi connectivity index (χ3n) is 4.18. The average Bonchev–Trinajstić information content (AvgIpc) is 3.08. The monoisotopic (exact) mass is 329 g/mol. The van der Waals surface area contributed by atoms with Gasteiger partial charge in [-0.05, 0) is 44.6 Å². The highest BCUT2D eigenvalue weighted by atomic mass is 32.1. The van der Waals surface area contributed by atoms with Crippen molar-refractivity contribution >= 4 is 17.2 Å². The van der Waals surface area contributed by atoms with Crippen LogP contribution in [-0.4, -0.2) is 47.9 Å². The minimum atomic E-state index is 0.145. The van der Waals surface area contributed by atoms with Crippen LogP contribution >= 0.6 is 11.3 Å². The summed E-state index contributed by atoms with van der Waals surface area (Å²) in [6.45, 7) is 2.48. The van der Waals surface area contributed by atoms with Crippen molar-refractivity contribution in [1.82, 2.24) is 14.8 Å². The van der Waals surface area contributed by atoms with Crippen LogP contribution in [0.15, 0.2) is 35.8 Å². The summed E-state index contributed by atoms with van der Waals surface area (Å²) in [7, 11) is 4.08. The standard InChI is InChI=1S/C18H23N3OS/c1-20(2)12-14-5-3-6-15(11-14)18(22)21-9-4-7-16(13-21)17-19-8-10-23-17/h3,5-6,8,10-11,16H,4,7,9,12-13H2,1-2H3/t16-/m1/s1. The molecule has 3 rings (SSSR count). The third kappa shape index (κ3) is 3.98. The van der Waals surface area contributed by atoms with Gasteiger partial charge in [-0.3, -0.25) is 4.79 Å². The molecule has 1 aromatic heterocycles. The van der Waals surface area contributed by atoms with E-state index in [1.807, 2.05) is 48.8 Å². The Kier molecular flexibility index (Phi) is 5.08. The summed E-state index contributed by atoms with van der Waals surface area (Å²) in [4.78, 5) is 21.4. The summed E-state index contributed by atoms with van der Waals surface area (Å²) in [5.41, 5.74) is 1.97. The number of carbonyl (C=O) groups is 1. The number of likely N-dealkylation sites (tertiary alicyclic amines) is 1. The maximum atomic E-state index is 12.8. The average molecular weight is 329 g/mol. The van der Waals surface area contributed by atoms with E-state index in [2.05, 4.69) is 16.0 Å². The molecule has 1 amide bonds. The van der Waals surface area contributed by atoms with Crippen molar-refractivity contribution in [3.05, 3.63) is 52.0 Å². The molecule has 0 saturated carbocycles. The van der Waals surface area contributed by atoms with Gasteiger partial charge < -0.3 is 9.80 Å². The lowest BCUT2D eigenvalue weighted by atomic mass is 9.98. The molecule has 2 heterocycles. The Morgan fingerprint density at radius 2 is 2.30 bits per heavy atom. The fourth-order valence-electron chi connectivity index (χ4n) is 3.15. The first kappa shape index (κ1) is 16.1. The Morgan fingerprint density at radius 3 is 3.04 bits per heavy atom. The topological polar surface area (TPSA) is 36.4 Å². The van der Waals surface area contributed by atoms with Crippen LogP contribution in [0.2, 0.25) is 0 Å². The predicted octanol–water partition coefficient (Wildman–Crippen LogP) is 3.22. The summed E-state index contributed by atoms with van der Waals surface area (Å²) in [6.07, 6.45) is 4.02. The van der Waals surface area contributed by atoms with Gasteiger partial charge in [-0.15, -0.1) is 11.3 Å². The normalized spacial score (nSPS) is 18.4. The molecular formula is C18H23N3OS. The molecule has 0 unspecified atom stereocenters. The van der Waals surface area contributed by atoms with Gasteiger partial charge in [-0.1, -0.05) is 12.1 Å². The van der Waals surface area contributed by atoms with E-state index in [1.165, 1.54) is 5.56 Å². The summed E-state index contributed by atoms with van der Waals surface area (Å²) in [5.74, 6) is 0.532. The first-order valence-electron chi connectivity index (χ1n) is 8.06. The zero-order chi connectivity index (χ0) is 16.2. The van der Waals surface area contributed by atoms with E-state index < -0.39 is 0 Å². The number of benzene rings is 1. The molecule has 1 aliphatic rings. The zero-order valence-corrected chi connectivity index (χ0v) is 14.6. The summed E-state index contributed by atoms with van der Waals surface area (Å²) >= 11 is 1.69. The lowest BCUT2D eigenvalue weighted by Gasteiger charge is -2.32. The fraction of sp³-hybridized carbons (Fsp3) is 0.444. The van der Waals surface area contributed by atoms with Gasteiger partial charge in [0.25, 0.3) is 5.91 Å².